The molecule has 2 unspecified atom stereocenters. The fraction of sp³-hybridized carbons (Fsp3) is 0.0769. The summed E-state index contributed by atoms with van der Waals surface area (Å²) in [6, 6.07) is 33.9. The largest absolute Gasteiger partial charge is 0.497 e. The van der Waals surface area contributed by atoms with Gasteiger partial charge in [0.2, 0.25) is 7.43 Å². The van der Waals surface area contributed by atoms with Gasteiger partial charge in [0.25, 0.3) is 0 Å². The van der Waals surface area contributed by atoms with Crippen molar-refractivity contribution in [2.45, 2.75) is 0 Å². The number of nitrogens with one attached hydrogen (secondary N) is 1. The minimum absolute atomic E-state index is 0.316. The molecule has 0 radical (unpaired) electrons. The van der Waals surface area contributed by atoms with Gasteiger partial charge in [0.15, 0.2) is 0 Å². The van der Waals surface area contributed by atoms with Gasteiger partial charge in [0.05, 0.1) is 7.11 Å². The molecule has 0 saturated carbocycles. The van der Waals surface area contributed by atoms with Crippen LogP contribution in [0.25, 0.3) is 0 Å². The van der Waals surface area contributed by atoms with Crippen LogP contribution in [0.2, 0.25) is 0 Å². The Balaban J connectivity index is 1.65. The summed E-state index contributed by atoms with van der Waals surface area (Å²) in [6.07, 6.45) is 0. The fourth-order valence-electron chi connectivity index (χ4n) is 3.53. The number of methoxy groups -OCH3 is 1. The minimum Gasteiger partial charge on any atom is -0.497 e. The number of nitrogens with zero attached hydrogens (tertiary/aromatic N) is 2. The molecular weight excluding hydrogens is 543 g/mol. The lowest BCUT2D eigenvalue weighted by molar-refractivity contribution is 0.413. The van der Waals surface area contributed by atoms with Crippen molar-refractivity contribution in [1.82, 2.24) is 4.86 Å². The maximum Gasteiger partial charge on any atom is 0.457 e. The first-order valence-electron chi connectivity index (χ1n) is 11.6. The third-order valence-corrected chi connectivity index (χ3v) is 13.6. The number of ether oxygens (including phenoxy) is 1. The second-order valence-electron chi connectivity index (χ2n) is 8.15. The highest BCUT2D eigenvalue weighted by Gasteiger charge is 2.46. The first-order valence-corrected chi connectivity index (χ1v) is 16.8. The van der Waals surface area contributed by atoms with E-state index in [2.05, 4.69) is 9.37 Å². The highest BCUT2D eigenvalue weighted by atomic mass is 31.3. The van der Waals surface area contributed by atoms with Crippen molar-refractivity contribution in [3.05, 3.63) is 115 Å². The van der Waals surface area contributed by atoms with Gasteiger partial charge in [-0.05, 0) is 60.7 Å². The van der Waals surface area contributed by atoms with E-state index in [4.69, 9.17) is 27.3 Å². The van der Waals surface area contributed by atoms with E-state index < -0.39 is 22.8 Å². The van der Waals surface area contributed by atoms with E-state index in [1.54, 1.807) is 74.4 Å². The van der Waals surface area contributed by atoms with Crippen molar-refractivity contribution in [3.8, 4) is 28.7 Å². The Labute approximate surface area is 221 Å². The van der Waals surface area contributed by atoms with E-state index in [0.717, 1.165) is 0 Å². The van der Waals surface area contributed by atoms with Gasteiger partial charge >= 0.3 is 15.3 Å². The van der Waals surface area contributed by atoms with Crippen LogP contribution in [0.15, 0.2) is 124 Å². The summed E-state index contributed by atoms with van der Waals surface area (Å²) in [7, 11) is -9.24. The maximum absolute atomic E-state index is 14.4. The summed E-state index contributed by atoms with van der Waals surface area (Å²) >= 11 is 0. The molecule has 0 spiro atoms. The molecule has 2 atom stereocenters. The van der Waals surface area contributed by atoms with Gasteiger partial charge in [-0.3, -0.25) is 0 Å². The summed E-state index contributed by atoms with van der Waals surface area (Å²) in [6.45, 7) is 1.73. The third kappa shape index (κ3) is 6.50. The highest BCUT2D eigenvalue weighted by molar-refractivity contribution is 7.82. The fourth-order valence-corrected chi connectivity index (χ4v) is 12.8. The number of benzene rings is 4. The lowest BCUT2D eigenvalue weighted by atomic mass is 10.3. The SMILES string of the molecule is COc1ccc(OP2(=O)N=P(Oc3ccccc3)(Oc3ccccc3)N=P(C)(Oc3ccccc3)N2)cc1. The molecule has 196 valence electrons. The molecule has 1 heterocycles. The van der Waals surface area contributed by atoms with E-state index in [9.17, 15) is 4.57 Å². The minimum atomic E-state index is -4.05. The average Bonchev–Trinajstić information content (AvgIpc) is 2.89. The van der Waals surface area contributed by atoms with Crippen LogP contribution in [0.3, 0.4) is 0 Å². The van der Waals surface area contributed by atoms with E-state index in [1.165, 1.54) is 0 Å². The molecule has 1 aliphatic heterocycles. The van der Waals surface area contributed by atoms with Gasteiger partial charge in [-0.15, -0.1) is 13.9 Å². The lowest BCUT2D eigenvalue weighted by Gasteiger charge is -2.33. The second-order valence-corrected chi connectivity index (χ2v) is 14.9. The van der Waals surface area contributed by atoms with Crippen molar-refractivity contribution in [2.24, 2.45) is 9.03 Å². The van der Waals surface area contributed by atoms with E-state index in [1.807, 2.05) is 54.6 Å². The normalized spacial score (nSPS) is 21.7. The van der Waals surface area contributed by atoms with Crippen molar-refractivity contribution in [3.63, 3.8) is 0 Å². The zero-order chi connectivity index (χ0) is 26.5. The molecule has 5 rings (SSSR count). The Morgan fingerprint density at radius 1 is 0.553 bits per heavy atom. The van der Waals surface area contributed by atoms with Crippen LogP contribution >= 0.6 is 22.8 Å². The summed E-state index contributed by atoms with van der Waals surface area (Å²) in [5, 5.41) is 0. The average molecular weight is 569 g/mol. The van der Waals surface area contributed by atoms with Gasteiger partial charge in [-0.2, -0.15) is 0 Å². The van der Waals surface area contributed by atoms with Crippen LogP contribution in [-0.4, -0.2) is 13.8 Å². The third-order valence-electron chi connectivity index (χ3n) is 5.08. The van der Waals surface area contributed by atoms with Gasteiger partial charge in [-0.1, -0.05) is 54.6 Å². The lowest BCUT2D eigenvalue weighted by Crippen LogP contribution is -2.18. The van der Waals surface area contributed by atoms with E-state index in [-0.39, 0.29) is 0 Å². The van der Waals surface area contributed by atoms with Crippen molar-refractivity contribution in [2.75, 3.05) is 13.8 Å². The second kappa shape index (κ2) is 11.1. The molecule has 0 amide bonds. The Kier molecular flexibility index (Phi) is 7.64. The molecule has 0 bridgehead atoms. The van der Waals surface area contributed by atoms with E-state index in [0.29, 0.717) is 28.7 Å². The number of hydrogen-bond acceptors (Lipinski definition) is 7. The molecule has 1 N–H and O–H groups in total. The summed E-state index contributed by atoms with van der Waals surface area (Å²) < 4.78 is 54.0. The molecule has 0 aromatic heterocycles. The van der Waals surface area contributed by atoms with Crippen LogP contribution in [0.5, 0.6) is 28.7 Å². The Morgan fingerprint density at radius 3 is 1.45 bits per heavy atom. The van der Waals surface area contributed by atoms with Gasteiger partial charge in [0, 0.05) is 6.66 Å². The molecular formula is C26H26N3O6P3. The Bertz CT molecular complexity index is 1490. The zero-order valence-electron chi connectivity index (χ0n) is 20.7. The summed E-state index contributed by atoms with van der Waals surface area (Å²) in [5.41, 5.74) is 0. The van der Waals surface area contributed by atoms with Crippen molar-refractivity contribution < 1.29 is 27.4 Å². The predicted octanol–water partition coefficient (Wildman–Crippen LogP) is 8.63. The Hall–Kier alpha value is -3.47. The van der Waals surface area contributed by atoms with Crippen molar-refractivity contribution >= 4 is 22.8 Å². The number of para-hydroxylation sites is 3. The number of hydrogen-bond donors (Lipinski definition) is 1. The monoisotopic (exact) mass is 569 g/mol. The van der Waals surface area contributed by atoms with Crippen LogP contribution in [0.1, 0.15) is 0 Å². The Morgan fingerprint density at radius 2 is 0.974 bits per heavy atom. The predicted molar refractivity (Wildman–Crippen MR) is 150 cm³/mol. The molecule has 12 heteroatoms. The van der Waals surface area contributed by atoms with Gasteiger partial charge < -0.3 is 22.8 Å². The maximum atomic E-state index is 14.4. The molecule has 38 heavy (non-hydrogen) atoms. The summed E-state index contributed by atoms with van der Waals surface area (Å²) in [5.74, 6) is 2.39. The zero-order valence-corrected chi connectivity index (χ0v) is 23.3. The molecule has 0 aliphatic carbocycles. The molecule has 9 nitrogen and oxygen atoms in total. The molecule has 1 aliphatic rings. The van der Waals surface area contributed by atoms with Crippen LogP contribution in [0, 0.1) is 0 Å². The quantitative estimate of drug-likeness (QED) is 0.201. The molecule has 4 aromatic rings. The van der Waals surface area contributed by atoms with E-state index >= 15 is 0 Å². The van der Waals surface area contributed by atoms with Crippen LogP contribution < -0.4 is 27.7 Å². The first-order chi connectivity index (χ1) is 18.4. The van der Waals surface area contributed by atoms with Gasteiger partial charge in [-0.25, -0.2) is 4.57 Å². The summed E-state index contributed by atoms with van der Waals surface area (Å²) in [4.78, 5) is 2.98. The highest BCUT2D eigenvalue weighted by Crippen LogP contribution is 2.74. The topological polar surface area (TPSA) is 100.0 Å². The van der Waals surface area contributed by atoms with Crippen LogP contribution in [0.4, 0.5) is 0 Å². The first kappa shape index (κ1) is 26.1. The van der Waals surface area contributed by atoms with Crippen LogP contribution in [-0.2, 0) is 4.57 Å². The molecule has 0 saturated heterocycles. The van der Waals surface area contributed by atoms with Gasteiger partial charge in [0.1, 0.15) is 28.7 Å². The smallest absolute Gasteiger partial charge is 0.457 e. The standard InChI is InChI=1S/C26H26N3O6P3/c1-31-22-18-20-26(21-19-22)33-37(30)27-36(2,32-23-12-6-3-7-13-23)28-38(29-37,34-24-14-8-4-9-15-24)35-25-16-10-5-11-17-25/h3-21H,1-2H3,(H,27,30). The molecule has 0 fully saturated rings. The number of rotatable bonds is 9. The van der Waals surface area contributed by atoms with Crippen molar-refractivity contribution in [1.29, 1.82) is 0 Å². The molecule has 4 aromatic carbocycles.